The zero-order valence-electron chi connectivity index (χ0n) is 16.7. The highest BCUT2D eigenvalue weighted by molar-refractivity contribution is 5.85. The molecule has 0 aliphatic rings. The second kappa shape index (κ2) is 10.2. The number of benzene rings is 3. The lowest BCUT2D eigenvalue weighted by Crippen LogP contribution is -2.03. The summed E-state index contributed by atoms with van der Waals surface area (Å²) in [5.41, 5.74) is 1.60. The third-order valence-corrected chi connectivity index (χ3v) is 4.83. The smallest absolute Gasteiger partial charge is 0.387 e. The first-order valence-corrected chi connectivity index (χ1v) is 9.95. The van der Waals surface area contributed by atoms with Crippen LogP contribution in [0.5, 0.6) is 5.75 Å². The third-order valence-electron chi connectivity index (χ3n) is 4.83. The van der Waals surface area contributed by atoms with Gasteiger partial charge in [0.2, 0.25) is 0 Å². The number of hydrogen-bond donors (Lipinski definition) is 0. The molecular weight excluding hydrogens is 392 g/mol. The van der Waals surface area contributed by atoms with Gasteiger partial charge in [-0.25, -0.2) is 8.78 Å². The summed E-state index contributed by atoms with van der Waals surface area (Å²) in [5, 5.41) is 1.29. The van der Waals surface area contributed by atoms with Crippen molar-refractivity contribution in [3.63, 3.8) is 0 Å². The van der Waals surface area contributed by atoms with Crippen LogP contribution in [0.15, 0.2) is 48.5 Å². The molecule has 0 aliphatic heterocycles. The second-order valence-electron chi connectivity index (χ2n) is 7.07. The molecule has 156 valence electrons. The Hall–Kier alpha value is -3.00. The number of halogens is 4. The number of alkyl halides is 2. The lowest BCUT2D eigenvalue weighted by Gasteiger charge is -2.06. The van der Waals surface area contributed by atoms with E-state index >= 15 is 0 Å². The summed E-state index contributed by atoms with van der Waals surface area (Å²) in [7, 11) is 0. The summed E-state index contributed by atoms with van der Waals surface area (Å²) in [5.74, 6) is 3.41. The van der Waals surface area contributed by atoms with E-state index in [9.17, 15) is 17.6 Å². The molecule has 3 rings (SSSR count). The first-order valence-electron chi connectivity index (χ1n) is 9.95. The summed E-state index contributed by atoms with van der Waals surface area (Å²) in [6.45, 7) is -0.938. The van der Waals surface area contributed by atoms with Crippen LogP contribution in [0.1, 0.15) is 49.3 Å². The Balaban J connectivity index is 1.79. The molecule has 0 spiro atoms. The largest absolute Gasteiger partial charge is 0.432 e. The molecule has 0 aromatic heterocycles. The SMILES string of the molecule is CCCCCCc1ccc2c(F)c(C#Cc3ccc(OC(F)F)c(F)c3)ccc2c1. The maximum Gasteiger partial charge on any atom is 0.387 e. The van der Waals surface area contributed by atoms with Gasteiger partial charge in [-0.3, -0.25) is 0 Å². The predicted molar refractivity (Wildman–Crippen MR) is 111 cm³/mol. The van der Waals surface area contributed by atoms with Gasteiger partial charge in [0.1, 0.15) is 5.82 Å². The molecule has 0 unspecified atom stereocenters. The highest BCUT2D eigenvalue weighted by Gasteiger charge is 2.10. The lowest BCUT2D eigenvalue weighted by molar-refractivity contribution is -0.0521. The molecule has 1 nitrogen and oxygen atoms in total. The molecule has 0 aliphatic carbocycles. The zero-order valence-corrected chi connectivity index (χ0v) is 16.7. The fourth-order valence-electron chi connectivity index (χ4n) is 3.26. The maximum absolute atomic E-state index is 14.9. The molecule has 0 atom stereocenters. The Labute approximate surface area is 173 Å². The number of fused-ring (bicyclic) bond motifs is 1. The van der Waals surface area contributed by atoms with E-state index in [2.05, 4.69) is 23.5 Å². The van der Waals surface area contributed by atoms with Crippen LogP contribution in [0.4, 0.5) is 17.6 Å². The molecule has 3 aromatic rings. The van der Waals surface area contributed by atoms with Crippen molar-refractivity contribution in [3.05, 3.63) is 76.9 Å². The second-order valence-corrected chi connectivity index (χ2v) is 7.07. The highest BCUT2D eigenvalue weighted by Crippen LogP contribution is 2.24. The van der Waals surface area contributed by atoms with Gasteiger partial charge < -0.3 is 4.74 Å². The molecule has 0 heterocycles. The topological polar surface area (TPSA) is 9.23 Å². The Morgan fingerprint density at radius 3 is 2.47 bits per heavy atom. The monoisotopic (exact) mass is 414 g/mol. The van der Waals surface area contributed by atoms with Gasteiger partial charge in [-0.1, -0.05) is 62.3 Å². The maximum atomic E-state index is 14.9. The molecule has 0 saturated carbocycles. The Morgan fingerprint density at radius 2 is 1.73 bits per heavy atom. The van der Waals surface area contributed by atoms with Crippen molar-refractivity contribution in [1.29, 1.82) is 0 Å². The zero-order chi connectivity index (χ0) is 21.5. The van der Waals surface area contributed by atoms with Crippen molar-refractivity contribution >= 4 is 10.8 Å². The first kappa shape index (κ1) is 21.7. The number of hydrogen-bond acceptors (Lipinski definition) is 1. The third kappa shape index (κ3) is 5.54. The van der Waals surface area contributed by atoms with Gasteiger partial charge in [0, 0.05) is 10.9 Å². The van der Waals surface area contributed by atoms with E-state index in [1.165, 1.54) is 30.9 Å². The average Bonchev–Trinajstić information content (AvgIpc) is 2.72. The Kier molecular flexibility index (Phi) is 7.35. The number of ether oxygens (including phenoxy) is 1. The van der Waals surface area contributed by atoms with Gasteiger partial charge >= 0.3 is 6.61 Å². The minimum atomic E-state index is -3.11. The normalized spacial score (nSPS) is 10.9. The van der Waals surface area contributed by atoms with E-state index in [0.717, 1.165) is 30.4 Å². The minimum absolute atomic E-state index is 0.187. The molecule has 0 N–H and O–H groups in total. The standard InChI is InChI=1S/C25H22F4O/c1-2-3-4-5-6-17-8-13-21-20(15-17)12-11-19(24(21)27)10-7-18-9-14-23(22(26)16-18)30-25(28)29/h8-9,11-16,25H,2-6H2,1H3. The quantitative estimate of drug-likeness (QED) is 0.225. The number of unbranched alkanes of at least 4 members (excludes halogenated alkanes) is 3. The van der Waals surface area contributed by atoms with Gasteiger partial charge in [0.25, 0.3) is 0 Å². The summed E-state index contributed by atoms with van der Waals surface area (Å²) >= 11 is 0. The van der Waals surface area contributed by atoms with Crippen LogP contribution in [0.3, 0.4) is 0 Å². The van der Waals surface area contributed by atoms with Crippen LogP contribution in [0.2, 0.25) is 0 Å². The fourth-order valence-corrected chi connectivity index (χ4v) is 3.26. The molecule has 3 aromatic carbocycles. The van der Waals surface area contributed by atoms with Crippen LogP contribution in [-0.2, 0) is 6.42 Å². The van der Waals surface area contributed by atoms with E-state index in [-0.39, 0.29) is 11.1 Å². The Bertz CT molecular complexity index is 1080. The number of aryl methyl sites for hydroxylation is 1. The van der Waals surface area contributed by atoms with Crippen LogP contribution >= 0.6 is 0 Å². The van der Waals surface area contributed by atoms with E-state index in [1.54, 1.807) is 12.1 Å². The minimum Gasteiger partial charge on any atom is -0.432 e. The fraction of sp³-hybridized carbons (Fsp3) is 0.280. The molecule has 5 heteroatoms. The predicted octanol–water partition coefficient (Wildman–Crippen LogP) is 7.24. The average molecular weight is 414 g/mol. The summed E-state index contributed by atoms with van der Waals surface area (Å²) in [4.78, 5) is 0. The molecule has 0 bridgehead atoms. The van der Waals surface area contributed by atoms with Crippen molar-refractivity contribution in [2.75, 3.05) is 0 Å². The van der Waals surface area contributed by atoms with Crippen molar-refractivity contribution < 1.29 is 22.3 Å². The highest BCUT2D eigenvalue weighted by atomic mass is 19.3. The van der Waals surface area contributed by atoms with Gasteiger partial charge in [0.15, 0.2) is 11.6 Å². The van der Waals surface area contributed by atoms with Gasteiger partial charge in [-0.05, 0) is 48.1 Å². The van der Waals surface area contributed by atoms with Gasteiger partial charge in [-0.15, -0.1) is 0 Å². The lowest BCUT2D eigenvalue weighted by atomic mass is 10.00. The Morgan fingerprint density at radius 1 is 0.900 bits per heavy atom. The molecule has 30 heavy (non-hydrogen) atoms. The summed E-state index contributed by atoms with van der Waals surface area (Å²) < 4.78 is 57.1. The molecular formula is C25H22F4O. The van der Waals surface area contributed by atoms with Crippen LogP contribution in [0.25, 0.3) is 10.8 Å². The van der Waals surface area contributed by atoms with Crippen LogP contribution < -0.4 is 4.74 Å². The van der Waals surface area contributed by atoms with Crippen LogP contribution in [-0.4, -0.2) is 6.61 Å². The molecule has 0 radical (unpaired) electrons. The van der Waals surface area contributed by atoms with Crippen LogP contribution in [0, 0.1) is 23.5 Å². The van der Waals surface area contributed by atoms with Crippen molar-refractivity contribution in [2.45, 2.75) is 45.6 Å². The van der Waals surface area contributed by atoms with Crippen molar-refractivity contribution in [2.24, 2.45) is 0 Å². The van der Waals surface area contributed by atoms with E-state index in [4.69, 9.17) is 0 Å². The van der Waals surface area contributed by atoms with Gasteiger partial charge in [-0.2, -0.15) is 8.78 Å². The summed E-state index contributed by atoms with van der Waals surface area (Å²) in [6.07, 6.45) is 5.68. The van der Waals surface area contributed by atoms with E-state index in [1.807, 2.05) is 18.2 Å². The van der Waals surface area contributed by atoms with E-state index in [0.29, 0.717) is 5.39 Å². The summed E-state index contributed by atoms with van der Waals surface area (Å²) in [6, 6.07) is 12.5. The van der Waals surface area contributed by atoms with Crippen molar-refractivity contribution in [3.8, 4) is 17.6 Å². The van der Waals surface area contributed by atoms with E-state index < -0.39 is 24.0 Å². The number of rotatable bonds is 7. The molecule has 0 amide bonds. The van der Waals surface area contributed by atoms with Gasteiger partial charge in [0.05, 0.1) is 5.56 Å². The first-order chi connectivity index (χ1) is 14.5. The molecule has 0 fully saturated rings. The molecule has 0 saturated heterocycles. The van der Waals surface area contributed by atoms with Crippen molar-refractivity contribution in [1.82, 2.24) is 0 Å².